The number of nitrogens with two attached hydrogens (primary N) is 1. The lowest BCUT2D eigenvalue weighted by Crippen LogP contribution is -2.28. The largest absolute Gasteiger partial charge is 0.497 e. The quantitative estimate of drug-likeness (QED) is 0.803. The van der Waals surface area contributed by atoms with Crippen LogP contribution in [0.3, 0.4) is 0 Å². The Labute approximate surface area is 89.6 Å². The molecule has 15 heavy (non-hydrogen) atoms. The number of nitrogens with zero attached hydrogens (tertiary/aromatic N) is 1. The summed E-state index contributed by atoms with van der Waals surface area (Å²) in [5.74, 6) is 0.741. The van der Waals surface area contributed by atoms with Crippen LogP contribution in [0, 0.1) is 0 Å². The Hall–Kier alpha value is -1.55. The first-order chi connectivity index (χ1) is 7.19. The molecule has 0 saturated heterocycles. The van der Waals surface area contributed by atoms with Gasteiger partial charge >= 0.3 is 0 Å². The van der Waals surface area contributed by atoms with Crippen LogP contribution in [-0.2, 0) is 4.79 Å². The van der Waals surface area contributed by atoms with Crippen molar-refractivity contribution in [3.8, 4) is 5.75 Å². The lowest BCUT2D eigenvalue weighted by atomic mass is 10.2. The Morgan fingerprint density at radius 3 is 2.87 bits per heavy atom. The van der Waals surface area contributed by atoms with E-state index in [0.717, 1.165) is 11.4 Å². The van der Waals surface area contributed by atoms with Gasteiger partial charge in [-0.2, -0.15) is 0 Å². The maximum Gasteiger partial charge on any atom is 0.227 e. The Morgan fingerprint density at radius 1 is 1.53 bits per heavy atom. The van der Waals surface area contributed by atoms with E-state index >= 15 is 0 Å². The molecule has 0 aromatic heterocycles. The van der Waals surface area contributed by atoms with Gasteiger partial charge in [0.2, 0.25) is 5.91 Å². The van der Waals surface area contributed by atoms with Gasteiger partial charge in [-0.15, -0.1) is 0 Å². The highest BCUT2D eigenvalue weighted by Gasteiger charge is 2.09. The number of rotatable bonds is 4. The van der Waals surface area contributed by atoms with Gasteiger partial charge in [-0.3, -0.25) is 4.79 Å². The van der Waals surface area contributed by atoms with Gasteiger partial charge in [-0.25, -0.2) is 0 Å². The van der Waals surface area contributed by atoms with Crippen LogP contribution in [0.2, 0.25) is 0 Å². The molecule has 1 aromatic carbocycles. The number of anilines is 1. The fourth-order valence-electron chi connectivity index (χ4n) is 1.25. The number of carbonyl (C=O) groups is 1. The molecular formula is C11H16N2O2. The molecule has 1 rings (SSSR count). The second-order valence-electron chi connectivity index (χ2n) is 3.19. The monoisotopic (exact) mass is 208 g/mol. The SMILES string of the molecule is COc1cccc(N(C)C(=O)CCN)c1. The summed E-state index contributed by atoms with van der Waals surface area (Å²) in [7, 11) is 3.33. The Morgan fingerprint density at radius 2 is 2.27 bits per heavy atom. The molecule has 0 saturated carbocycles. The van der Waals surface area contributed by atoms with Crippen LogP contribution in [0.1, 0.15) is 6.42 Å². The number of hydrogen-bond acceptors (Lipinski definition) is 3. The van der Waals surface area contributed by atoms with Crippen molar-refractivity contribution >= 4 is 11.6 Å². The van der Waals surface area contributed by atoms with E-state index in [9.17, 15) is 4.79 Å². The molecule has 0 aliphatic heterocycles. The number of ether oxygens (including phenoxy) is 1. The van der Waals surface area contributed by atoms with Gasteiger partial charge in [0.15, 0.2) is 0 Å². The second kappa shape index (κ2) is 5.36. The van der Waals surface area contributed by atoms with Crippen LogP contribution in [0.25, 0.3) is 0 Å². The number of benzene rings is 1. The minimum Gasteiger partial charge on any atom is -0.497 e. The molecule has 0 atom stereocenters. The molecule has 0 bridgehead atoms. The third-order valence-electron chi connectivity index (χ3n) is 2.17. The Kier molecular flexibility index (Phi) is 4.12. The van der Waals surface area contributed by atoms with E-state index < -0.39 is 0 Å². The van der Waals surface area contributed by atoms with Crippen LogP contribution >= 0.6 is 0 Å². The zero-order chi connectivity index (χ0) is 11.3. The van der Waals surface area contributed by atoms with Crippen molar-refractivity contribution in [1.29, 1.82) is 0 Å². The van der Waals surface area contributed by atoms with Gasteiger partial charge in [-0.1, -0.05) is 6.07 Å². The topological polar surface area (TPSA) is 55.6 Å². The van der Waals surface area contributed by atoms with E-state index in [1.807, 2.05) is 24.3 Å². The van der Waals surface area contributed by atoms with E-state index in [-0.39, 0.29) is 5.91 Å². The van der Waals surface area contributed by atoms with Crippen LogP contribution in [-0.4, -0.2) is 26.6 Å². The van der Waals surface area contributed by atoms with Crippen molar-refractivity contribution in [2.75, 3.05) is 25.6 Å². The van der Waals surface area contributed by atoms with E-state index in [0.29, 0.717) is 13.0 Å². The fourth-order valence-corrected chi connectivity index (χ4v) is 1.25. The molecule has 4 heteroatoms. The van der Waals surface area contributed by atoms with Gasteiger partial charge in [0.25, 0.3) is 0 Å². The first-order valence-electron chi connectivity index (χ1n) is 4.79. The molecule has 1 amide bonds. The highest BCUT2D eigenvalue weighted by atomic mass is 16.5. The summed E-state index contributed by atoms with van der Waals surface area (Å²) in [6.45, 7) is 0.368. The number of amides is 1. The zero-order valence-corrected chi connectivity index (χ0v) is 9.06. The van der Waals surface area contributed by atoms with Crippen molar-refractivity contribution in [2.45, 2.75) is 6.42 Å². The van der Waals surface area contributed by atoms with Gasteiger partial charge in [-0.05, 0) is 12.1 Å². The van der Waals surface area contributed by atoms with Crippen molar-refractivity contribution in [3.63, 3.8) is 0 Å². The summed E-state index contributed by atoms with van der Waals surface area (Å²) >= 11 is 0. The predicted octanol–water partition coefficient (Wildman–Crippen LogP) is 1.01. The molecule has 1 aromatic rings. The van der Waals surface area contributed by atoms with Crippen LogP contribution in [0.15, 0.2) is 24.3 Å². The van der Waals surface area contributed by atoms with Gasteiger partial charge in [0.05, 0.1) is 7.11 Å². The minimum atomic E-state index is 0.00533. The third-order valence-corrected chi connectivity index (χ3v) is 2.17. The van der Waals surface area contributed by atoms with Gasteiger partial charge < -0.3 is 15.4 Å². The fraction of sp³-hybridized carbons (Fsp3) is 0.364. The lowest BCUT2D eigenvalue weighted by molar-refractivity contribution is -0.118. The molecule has 0 spiro atoms. The van der Waals surface area contributed by atoms with E-state index in [4.69, 9.17) is 10.5 Å². The van der Waals surface area contributed by atoms with Crippen LogP contribution < -0.4 is 15.4 Å². The van der Waals surface area contributed by atoms with Crippen molar-refractivity contribution < 1.29 is 9.53 Å². The molecule has 0 radical (unpaired) electrons. The van der Waals surface area contributed by atoms with Crippen molar-refractivity contribution in [3.05, 3.63) is 24.3 Å². The highest BCUT2D eigenvalue weighted by molar-refractivity contribution is 5.93. The normalized spacial score (nSPS) is 9.80. The Bertz CT molecular complexity index is 339. The molecule has 0 aliphatic rings. The van der Waals surface area contributed by atoms with E-state index in [1.165, 1.54) is 0 Å². The molecule has 0 unspecified atom stereocenters. The number of methoxy groups -OCH3 is 1. The summed E-state index contributed by atoms with van der Waals surface area (Å²) in [6, 6.07) is 7.36. The van der Waals surface area contributed by atoms with Gasteiger partial charge in [0, 0.05) is 31.8 Å². The van der Waals surface area contributed by atoms with Gasteiger partial charge in [0.1, 0.15) is 5.75 Å². The van der Waals surface area contributed by atoms with E-state index in [1.54, 1.807) is 19.1 Å². The smallest absolute Gasteiger partial charge is 0.227 e. The molecule has 0 fully saturated rings. The molecule has 82 valence electrons. The second-order valence-corrected chi connectivity index (χ2v) is 3.19. The van der Waals surface area contributed by atoms with Crippen LogP contribution in [0.5, 0.6) is 5.75 Å². The van der Waals surface area contributed by atoms with E-state index in [2.05, 4.69) is 0 Å². The first-order valence-corrected chi connectivity index (χ1v) is 4.79. The zero-order valence-electron chi connectivity index (χ0n) is 9.06. The predicted molar refractivity (Wildman–Crippen MR) is 60.1 cm³/mol. The minimum absolute atomic E-state index is 0.00533. The third kappa shape index (κ3) is 2.95. The number of hydrogen-bond donors (Lipinski definition) is 1. The summed E-state index contributed by atoms with van der Waals surface area (Å²) in [6.07, 6.45) is 0.355. The Balaban J connectivity index is 2.81. The molecule has 2 N–H and O–H groups in total. The standard InChI is InChI=1S/C11H16N2O2/c1-13(11(14)6-7-12)9-4-3-5-10(8-9)15-2/h3-5,8H,6-7,12H2,1-2H3. The summed E-state index contributed by atoms with van der Waals surface area (Å²) in [5.41, 5.74) is 6.14. The maximum atomic E-state index is 11.5. The van der Waals surface area contributed by atoms with Crippen LogP contribution in [0.4, 0.5) is 5.69 Å². The van der Waals surface area contributed by atoms with Crippen molar-refractivity contribution in [2.24, 2.45) is 5.73 Å². The van der Waals surface area contributed by atoms with Crippen molar-refractivity contribution in [1.82, 2.24) is 0 Å². The first kappa shape index (κ1) is 11.5. The molecule has 0 aliphatic carbocycles. The molecular weight excluding hydrogens is 192 g/mol. The molecule has 4 nitrogen and oxygen atoms in total. The number of carbonyl (C=O) groups excluding carboxylic acids is 1. The lowest BCUT2D eigenvalue weighted by Gasteiger charge is -2.17. The molecule has 0 heterocycles. The summed E-state index contributed by atoms with van der Waals surface area (Å²) in [4.78, 5) is 13.1. The maximum absolute atomic E-state index is 11.5. The average Bonchev–Trinajstić information content (AvgIpc) is 2.28. The average molecular weight is 208 g/mol. The summed E-state index contributed by atoms with van der Waals surface area (Å²) < 4.78 is 5.08. The highest BCUT2D eigenvalue weighted by Crippen LogP contribution is 2.20. The summed E-state index contributed by atoms with van der Waals surface area (Å²) in [5, 5.41) is 0.